The molecule has 0 fully saturated rings. The first-order valence-electron chi connectivity index (χ1n) is 8.83. The van der Waals surface area contributed by atoms with Crippen molar-refractivity contribution in [2.75, 3.05) is 10.6 Å². The zero-order valence-corrected chi connectivity index (χ0v) is 16.0. The summed E-state index contributed by atoms with van der Waals surface area (Å²) in [7, 11) is 0. The second-order valence-electron chi connectivity index (χ2n) is 6.55. The zero-order valence-electron chi connectivity index (χ0n) is 15.2. The predicted molar refractivity (Wildman–Crippen MR) is 111 cm³/mol. The highest BCUT2D eigenvalue weighted by molar-refractivity contribution is 7.80. The summed E-state index contributed by atoms with van der Waals surface area (Å²) >= 11 is 5.17. The quantitative estimate of drug-likeness (QED) is 0.427. The number of rotatable bonds is 2. The standard InChI is InChI=1S/C22H13F3N2O2S/c23-22(24,25)15-9-3-4-10-16(15)26-21(30)27-17-11-5-8-14-18(17)20(29)13-7-2-1-6-12(13)19(14)28/h1-11H,(H2,26,27,30). The molecule has 3 aromatic carbocycles. The van der Waals surface area contributed by atoms with Gasteiger partial charge in [-0.3, -0.25) is 9.59 Å². The van der Waals surface area contributed by atoms with Gasteiger partial charge in [-0.15, -0.1) is 0 Å². The van der Waals surface area contributed by atoms with Gasteiger partial charge >= 0.3 is 6.18 Å². The maximum absolute atomic E-state index is 13.2. The van der Waals surface area contributed by atoms with E-state index in [1.807, 2.05) is 0 Å². The van der Waals surface area contributed by atoms with E-state index in [9.17, 15) is 22.8 Å². The molecular formula is C22H13F3N2O2S. The van der Waals surface area contributed by atoms with Crippen molar-refractivity contribution in [3.05, 3.63) is 94.5 Å². The molecule has 4 nitrogen and oxygen atoms in total. The van der Waals surface area contributed by atoms with Crippen LogP contribution in [0.25, 0.3) is 0 Å². The van der Waals surface area contributed by atoms with Crippen molar-refractivity contribution in [1.82, 2.24) is 0 Å². The molecule has 3 aromatic rings. The van der Waals surface area contributed by atoms with E-state index in [0.717, 1.165) is 6.07 Å². The van der Waals surface area contributed by atoms with Crippen molar-refractivity contribution >= 4 is 40.3 Å². The summed E-state index contributed by atoms with van der Waals surface area (Å²) in [6.07, 6.45) is -4.56. The van der Waals surface area contributed by atoms with Gasteiger partial charge in [0, 0.05) is 16.7 Å². The first-order valence-corrected chi connectivity index (χ1v) is 9.24. The predicted octanol–water partition coefficient (Wildman–Crippen LogP) is 5.29. The SMILES string of the molecule is O=C1c2ccccc2C(=O)c2c(NC(=S)Nc3ccccc3C(F)(F)F)cccc21. The summed E-state index contributed by atoms with van der Waals surface area (Å²) in [5.41, 5.74) is 0.0703. The Bertz CT molecular complexity index is 1200. The number of para-hydroxylation sites is 1. The highest BCUT2D eigenvalue weighted by atomic mass is 32.1. The van der Waals surface area contributed by atoms with Gasteiger partial charge in [0.1, 0.15) is 0 Å². The molecule has 0 atom stereocenters. The maximum Gasteiger partial charge on any atom is 0.418 e. The molecule has 1 aliphatic rings. The minimum absolute atomic E-state index is 0.134. The Hall–Kier alpha value is -3.52. The summed E-state index contributed by atoms with van der Waals surface area (Å²) in [6.45, 7) is 0. The van der Waals surface area contributed by atoms with Gasteiger partial charge in [-0.2, -0.15) is 13.2 Å². The van der Waals surface area contributed by atoms with Gasteiger partial charge in [0.25, 0.3) is 0 Å². The first-order chi connectivity index (χ1) is 14.3. The number of fused-ring (bicyclic) bond motifs is 2. The molecule has 0 saturated heterocycles. The van der Waals surface area contributed by atoms with Gasteiger partial charge in [-0.25, -0.2) is 0 Å². The van der Waals surface area contributed by atoms with Gasteiger partial charge in [0.05, 0.1) is 22.5 Å². The molecule has 150 valence electrons. The molecule has 1 aliphatic carbocycles. The third-order valence-electron chi connectivity index (χ3n) is 4.68. The van der Waals surface area contributed by atoms with Crippen LogP contribution >= 0.6 is 12.2 Å². The number of hydrogen-bond donors (Lipinski definition) is 2. The van der Waals surface area contributed by atoms with Crippen LogP contribution in [-0.4, -0.2) is 16.7 Å². The van der Waals surface area contributed by atoms with E-state index < -0.39 is 11.7 Å². The Morgan fingerprint density at radius 3 is 1.93 bits per heavy atom. The van der Waals surface area contributed by atoms with Crippen molar-refractivity contribution in [2.45, 2.75) is 6.18 Å². The van der Waals surface area contributed by atoms with Crippen LogP contribution < -0.4 is 10.6 Å². The second-order valence-corrected chi connectivity index (χ2v) is 6.96. The molecule has 0 saturated carbocycles. The summed E-state index contributed by atoms with van der Waals surface area (Å²) in [5.74, 6) is -0.660. The monoisotopic (exact) mass is 426 g/mol. The second kappa shape index (κ2) is 7.38. The Morgan fingerprint density at radius 2 is 1.23 bits per heavy atom. The molecule has 0 heterocycles. The summed E-state index contributed by atoms with van der Waals surface area (Å²) in [4.78, 5) is 25.8. The average Bonchev–Trinajstić information content (AvgIpc) is 2.71. The van der Waals surface area contributed by atoms with Crippen molar-refractivity contribution in [3.63, 3.8) is 0 Å². The molecule has 2 N–H and O–H groups in total. The zero-order chi connectivity index (χ0) is 21.5. The maximum atomic E-state index is 13.2. The molecule has 8 heteroatoms. The van der Waals surface area contributed by atoms with Gasteiger partial charge in [0.15, 0.2) is 16.7 Å². The normalized spacial score (nSPS) is 12.8. The van der Waals surface area contributed by atoms with Crippen LogP contribution in [0.3, 0.4) is 0 Å². The Balaban J connectivity index is 1.66. The van der Waals surface area contributed by atoms with E-state index >= 15 is 0 Å². The van der Waals surface area contributed by atoms with E-state index in [-0.39, 0.29) is 44.7 Å². The largest absolute Gasteiger partial charge is 0.418 e. The lowest BCUT2D eigenvalue weighted by atomic mass is 9.83. The van der Waals surface area contributed by atoms with Crippen LogP contribution in [0.1, 0.15) is 37.4 Å². The van der Waals surface area contributed by atoms with E-state index in [0.29, 0.717) is 5.56 Å². The first kappa shape index (κ1) is 19.8. The fraction of sp³-hybridized carbons (Fsp3) is 0.0455. The lowest BCUT2D eigenvalue weighted by Gasteiger charge is -2.21. The van der Waals surface area contributed by atoms with E-state index in [4.69, 9.17) is 12.2 Å². The Kier molecular flexibility index (Phi) is 4.87. The smallest absolute Gasteiger partial charge is 0.332 e. The van der Waals surface area contributed by atoms with Crippen LogP contribution in [0.15, 0.2) is 66.7 Å². The van der Waals surface area contributed by atoms with Crippen molar-refractivity contribution in [3.8, 4) is 0 Å². The lowest BCUT2D eigenvalue weighted by Crippen LogP contribution is -2.26. The van der Waals surface area contributed by atoms with Gasteiger partial charge < -0.3 is 10.6 Å². The van der Waals surface area contributed by atoms with Gasteiger partial charge in [0.2, 0.25) is 0 Å². The number of hydrogen-bond acceptors (Lipinski definition) is 3. The fourth-order valence-corrected chi connectivity index (χ4v) is 3.58. The van der Waals surface area contributed by atoms with Crippen LogP contribution in [0.4, 0.5) is 24.5 Å². The summed E-state index contributed by atoms with van der Waals surface area (Å²) in [6, 6.07) is 16.0. The fourth-order valence-electron chi connectivity index (χ4n) is 3.36. The molecule has 0 bridgehead atoms. The number of halogens is 3. The molecular weight excluding hydrogens is 413 g/mol. The molecule has 0 radical (unpaired) electrons. The summed E-state index contributed by atoms with van der Waals surface area (Å²) < 4.78 is 39.6. The minimum atomic E-state index is -4.56. The number of thiocarbonyl (C=S) groups is 1. The number of nitrogens with one attached hydrogen (secondary N) is 2. The van der Waals surface area contributed by atoms with Gasteiger partial charge in [-0.05, 0) is 30.4 Å². The van der Waals surface area contributed by atoms with Crippen LogP contribution in [-0.2, 0) is 6.18 Å². The summed E-state index contributed by atoms with van der Waals surface area (Å²) in [5, 5.41) is 5.14. The number of carbonyl (C=O) groups is 2. The van der Waals surface area contributed by atoms with Crippen LogP contribution in [0.2, 0.25) is 0 Å². The third-order valence-corrected chi connectivity index (χ3v) is 4.89. The number of alkyl halides is 3. The molecule has 4 rings (SSSR count). The molecule has 0 amide bonds. The van der Waals surface area contributed by atoms with Crippen molar-refractivity contribution < 1.29 is 22.8 Å². The molecule has 0 aliphatic heterocycles. The lowest BCUT2D eigenvalue weighted by molar-refractivity contribution is -0.136. The van der Waals surface area contributed by atoms with E-state index in [1.165, 1.54) is 24.3 Å². The van der Waals surface area contributed by atoms with Crippen LogP contribution in [0, 0.1) is 0 Å². The molecule has 0 aromatic heterocycles. The Labute approximate surface area is 174 Å². The van der Waals surface area contributed by atoms with E-state index in [1.54, 1.807) is 36.4 Å². The van der Waals surface area contributed by atoms with E-state index in [2.05, 4.69) is 10.6 Å². The highest BCUT2D eigenvalue weighted by Crippen LogP contribution is 2.35. The Morgan fingerprint density at radius 1 is 0.700 bits per heavy atom. The minimum Gasteiger partial charge on any atom is -0.332 e. The average molecular weight is 426 g/mol. The number of benzene rings is 3. The third kappa shape index (κ3) is 3.46. The molecule has 30 heavy (non-hydrogen) atoms. The highest BCUT2D eigenvalue weighted by Gasteiger charge is 2.34. The number of carbonyl (C=O) groups excluding carboxylic acids is 2. The topological polar surface area (TPSA) is 58.2 Å². The van der Waals surface area contributed by atoms with Gasteiger partial charge in [-0.1, -0.05) is 48.5 Å². The van der Waals surface area contributed by atoms with Crippen molar-refractivity contribution in [2.24, 2.45) is 0 Å². The molecule has 0 spiro atoms. The number of anilines is 2. The van der Waals surface area contributed by atoms with Crippen LogP contribution in [0.5, 0.6) is 0 Å². The molecule has 0 unspecified atom stereocenters. The van der Waals surface area contributed by atoms with Crippen molar-refractivity contribution in [1.29, 1.82) is 0 Å². The number of ketones is 2.